The van der Waals surface area contributed by atoms with Crippen molar-refractivity contribution >= 4 is 10.9 Å². The van der Waals surface area contributed by atoms with Gasteiger partial charge in [-0.1, -0.05) is 31.5 Å². The Balaban J connectivity index is 1.77. The van der Waals surface area contributed by atoms with E-state index in [1.54, 1.807) is 12.4 Å². The number of benzene rings is 1. The number of nitrogens with zero attached hydrogens (tertiary/aromatic N) is 5. The molecule has 130 valence electrons. The van der Waals surface area contributed by atoms with E-state index >= 15 is 0 Å². The standard InChI is InChI=1S/C21H21N5/c1-3-4-6-18-7-5-8-19(25-18)16-9-10-17-13-23-26(20(17)11-16)21-14-22-12-15(2)24-21/h5,7-14H,3-4,6H2,1-2H3. The smallest absolute Gasteiger partial charge is 0.172 e. The zero-order chi connectivity index (χ0) is 17.9. The maximum atomic E-state index is 4.83. The van der Waals surface area contributed by atoms with Crippen molar-refractivity contribution in [3.8, 4) is 17.1 Å². The van der Waals surface area contributed by atoms with E-state index in [4.69, 9.17) is 4.98 Å². The lowest BCUT2D eigenvalue weighted by Gasteiger charge is -2.07. The molecule has 0 saturated carbocycles. The van der Waals surface area contributed by atoms with E-state index in [9.17, 15) is 0 Å². The minimum absolute atomic E-state index is 0.724. The van der Waals surface area contributed by atoms with Gasteiger partial charge < -0.3 is 0 Å². The third kappa shape index (κ3) is 3.20. The Morgan fingerprint density at radius 1 is 1.00 bits per heavy atom. The van der Waals surface area contributed by atoms with Crippen LogP contribution in [0.25, 0.3) is 28.0 Å². The van der Waals surface area contributed by atoms with Crippen molar-refractivity contribution in [3.05, 3.63) is 66.4 Å². The van der Waals surface area contributed by atoms with Gasteiger partial charge in [0, 0.05) is 22.8 Å². The molecule has 0 aliphatic heterocycles. The number of hydrogen-bond donors (Lipinski definition) is 0. The Hall–Kier alpha value is -3.08. The maximum absolute atomic E-state index is 4.83. The number of aryl methyl sites for hydroxylation is 2. The first-order valence-corrected chi connectivity index (χ1v) is 8.97. The van der Waals surface area contributed by atoms with E-state index < -0.39 is 0 Å². The average Bonchev–Trinajstić information content (AvgIpc) is 3.10. The summed E-state index contributed by atoms with van der Waals surface area (Å²) in [7, 11) is 0. The molecule has 5 nitrogen and oxygen atoms in total. The summed E-state index contributed by atoms with van der Waals surface area (Å²) in [6.45, 7) is 4.13. The molecule has 3 aromatic heterocycles. The van der Waals surface area contributed by atoms with Crippen molar-refractivity contribution in [3.63, 3.8) is 0 Å². The highest BCUT2D eigenvalue weighted by atomic mass is 15.3. The average molecular weight is 343 g/mol. The SMILES string of the molecule is CCCCc1cccc(-c2ccc3cnn(-c4cncc(C)n4)c3c2)n1. The van der Waals surface area contributed by atoms with Gasteiger partial charge in [-0.25, -0.2) is 9.67 Å². The molecular weight excluding hydrogens is 322 g/mol. The van der Waals surface area contributed by atoms with E-state index in [1.165, 1.54) is 6.42 Å². The lowest BCUT2D eigenvalue weighted by Crippen LogP contribution is -2.01. The first-order chi connectivity index (χ1) is 12.7. The molecule has 0 amide bonds. The van der Waals surface area contributed by atoms with Crippen LogP contribution in [0.15, 0.2) is 55.0 Å². The van der Waals surface area contributed by atoms with Gasteiger partial charge in [0.05, 0.1) is 29.3 Å². The molecule has 0 bridgehead atoms. The minimum atomic E-state index is 0.724. The molecule has 1 aromatic carbocycles. The summed E-state index contributed by atoms with van der Waals surface area (Å²) < 4.78 is 1.83. The predicted octanol–water partition coefficient (Wildman–Crippen LogP) is 4.53. The zero-order valence-corrected chi connectivity index (χ0v) is 15.1. The van der Waals surface area contributed by atoms with Gasteiger partial charge >= 0.3 is 0 Å². The quantitative estimate of drug-likeness (QED) is 0.534. The van der Waals surface area contributed by atoms with Gasteiger partial charge in [-0.05, 0) is 38.0 Å². The van der Waals surface area contributed by atoms with Crippen molar-refractivity contribution in [2.45, 2.75) is 33.1 Å². The zero-order valence-electron chi connectivity index (χ0n) is 15.1. The molecule has 26 heavy (non-hydrogen) atoms. The number of aromatic nitrogens is 5. The number of rotatable bonds is 5. The Kier molecular flexibility index (Phi) is 4.44. The van der Waals surface area contributed by atoms with Crippen LogP contribution in [0.4, 0.5) is 0 Å². The van der Waals surface area contributed by atoms with Crippen molar-refractivity contribution in [1.82, 2.24) is 24.7 Å². The van der Waals surface area contributed by atoms with Crippen LogP contribution in [0, 0.1) is 6.92 Å². The largest absolute Gasteiger partial charge is 0.259 e. The minimum Gasteiger partial charge on any atom is -0.259 e. The van der Waals surface area contributed by atoms with Crippen molar-refractivity contribution in [2.75, 3.05) is 0 Å². The lowest BCUT2D eigenvalue weighted by molar-refractivity contribution is 0.777. The number of pyridine rings is 1. The molecule has 0 N–H and O–H groups in total. The third-order valence-electron chi connectivity index (χ3n) is 4.42. The number of fused-ring (bicyclic) bond motifs is 1. The van der Waals surface area contributed by atoms with Crippen LogP contribution in [0.5, 0.6) is 0 Å². The van der Waals surface area contributed by atoms with Gasteiger partial charge in [0.25, 0.3) is 0 Å². The molecule has 0 spiro atoms. The van der Waals surface area contributed by atoms with Crippen molar-refractivity contribution < 1.29 is 0 Å². The van der Waals surface area contributed by atoms with Gasteiger partial charge in [-0.15, -0.1) is 0 Å². The highest BCUT2D eigenvalue weighted by Gasteiger charge is 2.09. The van der Waals surface area contributed by atoms with Gasteiger partial charge in [0.1, 0.15) is 0 Å². The van der Waals surface area contributed by atoms with E-state index in [-0.39, 0.29) is 0 Å². The van der Waals surface area contributed by atoms with Gasteiger partial charge in [0.2, 0.25) is 0 Å². The monoisotopic (exact) mass is 343 g/mol. The van der Waals surface area contributed by atoms with Crippen LogP contribution in [0.2, 0.25) is 0 Å². The second-order valence-corrected chi connectivity index (χ2v) is 6.47. The van der Waals surface area contributed by atoms with E-state index in [1.807, 2.05) is 17.8 Å². The third-order valence-corrected chi connectivity index (χ3v) is 4.42. The van der Waals surface area contributed by atoms with Crippen LogP contribution in [0.1, 0.15) is 31.2 Å². The lowest BCUT2D eigenvalue weighted by atomic mass is 10.1. The van der Waals surface area contributed by atoms with E-state index in [2.05, 4.69) is 58.4 Å². The summed E-state index contributed by atoms with van der Waals surface area (Å²) in [5.74, 6) is 0.724. The van der Waals surface area contributed by atoms with Gasteiger partial charge in [0.15, 0.2) is 5.82 Å². The number of hydrogen-bond acceptors (Lipinski definition) is 4. The molecule has 0 aliphatic rings. The fourth-order valence-corrected chi connectivity index (χ4v) is 3.05. The van der Waals surface area contributed by atoms with Crippen LogP contribution in [-0.2, 0) is 6.42 Å². The summed E-state index contributed by atoms with van der Waals surface area (Å²) in [6.07, 6.45) is 8.68. The molecule has 4 aromatic rings. The fourth-order valence-electron chi connectivity index (χ4n) is 3.05. The maximum Gasteiger partial charge on any atom is 0.172 e. The van der Waals surface area contributed by atoms with Gasteiger partial charge in [-0.3, -0.25) is 9.97 Å². The summed E-state index contributed by atoms with van der Waals surface area (Å²) >= 11 is 0. The second-order valence-electron chi connectivity index (χ2n) is 6.47. The molecule has 0 radical (unpaired) electrons. The Bertz CT molecular complexity index is 1050. The Morgan fingerprint density at radius 3 is 2.77 bits per heavy atom. The molecule has 0 unspecified atom stereocenters. The van der Waals surface area contributed by atoms with Crippen LogP contribution in [-0.4, -0.2) is 24.7 Å². The summed E-state index contributed by atoms with van der Waals surface area (Å²) in [5.41, 5.74) is 5.08. The molecule has 0 saturated heterocycles. The molecule has 0 atom stereocenters. The molecule has 3 heterocycles. The van der Waals surface area contributed by atoms with Crippen molar-refractivity contribution in [1.29, 1.82) is 0 Å². The highest BCUT2D eigenvalue weighted by Crippen LogP contribution is 2.25. The van der Waals surface area contributed by atoms with Gasteiger partial charge in [-0.2, -0.15) is 5.10 Å². The van der Waals surface area contributed by atoms with Crippen molar-refractivity contribution in [2.24, 2.45) is 0 Å². The highest BCUT2D eigenvalue weighted by molar-refractivity contribution is 5.84. The predicted molar refractivity (Wildman–Crippen MR) is 103 cm³/mol. The summed E-state index contributed by atoms with van der Waals surface area (Å²) in [4.78, 5) is 13.6. The van der Waals surface area contributed by atoms with Crippen LogP contribution < -0.4 is 0 Å². The second kappa shape index (κ2) is 7.04. The summed E-state index contributed by atoms with van der Waals surface area (Å²) in [6, 6.07) is 12.5. The van der Waals surface area contributed by atoms with Crippen LogP contribution in [0.3, 0.4) is 0 Å². The normalized spacial score (nSPS) is 11.2. The molecule has 0 aliphatic carbocycles. The van der Waals surface area contributed by atoms with E-state index in [0.717, 1.165) is 52.2 Å². The van der Waals surface area contributed by atoms with Crippen LogP contribution >= 0.6 is 0 Å². The first kappa shape index (κ1) is 16.4. The number of unbranched alkanes of at least 4 members (excludes halogenated alkanes) is 1. The molecule has 0 fully saturated rings. The Morgan fingerprint density at radius 2 is 1.92 bits per heavy atom. The molecular formula is C21H21N5. The topological polar surface area (TPSA) is 56.5 Å². The fraction of sp³-hybridized carbons (Fsp3) is 0.238. The van der Waals surface area contributed by atoms with E-state index in [0.29, 0.717) is 0 Å². The summed E-state index contributed by atoms with van der Waals surface area (Å²) in [5, 5.41) is 5.56. The molecule has 4 rings (SSSR count). The Labute approximate surface area is 152 Å². The molecule has 5 heteroatoms. The first-order valence-electron chi connectivity index (χ1n) is 8.97.